The van der Waals surface area contributed by atoms with E-state index < -0.39 is 5.82 Å². The van der Waals surface area contributed by atoms with Crippen molar-refractivity contribution in [3.8, 4) is 28.1 Å². The molecule has 0 radical (unpaired) electrons. The number of halogens is 3. The summed E-state index contributed by atoms with van der Waals surface area (Å²) in [6, 6.07) is 14.8. The largest absolute Gasteiger partial charge is 0.496 e. The van der Waals surface area contributed by atoms with Crippen LogP contribution in [-0.4, -0.2) is 64.8 Å². The fraction of sp³-hybridized carbons (Fsp3) is 0.303. The minimum absolute atomic E-state index is 0.0591. The van der Waals surface area contributed by atoms with Gasteiger partial charge in [0.1, 0.15) is 5.75 Å². The van der Waals surface area contributed by atoms with E-state index in [1.165, 1.54) is 0 Å². The highest BCUT2D eigenvalue weighted by Gasteiger charge is 2.26. The van der Waals surface area contributed by atoms with Crippen molar-refractivity contribution < 1.29 is 19.0 Å². The summed E-state index contributed by atoms with van der Waals surface area (Å²) < 4.78 is 21.1. The van der Waals surface area contributed by atoms with Crippen molar-refractivity contribution in [3.05, 3.63) is 87.9 Å². The normalized spacial score (nSPS) is 16.8. The highest BCUT2D eigenvalue weighted by molar-refractivity contribution is 6.39. The van der Waals surface area contributed by atoms with Crippen LogP contribution in [0.4, 0.5) is 15.9 Å². The molecule has 6 rings (SSSR count). The van der Waals surface area contributed by atoms with Crippen LogP contribution in [0.25, 0.3) is 22.4 Å². The van der Waals surface area contributed by atoms with Gasteiger partial charge < -0.3 is 25.8 Å². The highest BCUT2D eigenvalue weighted by atomic mass is 35.5. The van der Waals surface area contributed by atoms with Crippen LogP contribution in [0.3, 0.4) is 0 Å². The molecule has 1 amide bonds. The number of nitrogens with zero attached hydrogens (tertiary/aromatic N) is 3. The molecule has 4 heterocycles. The number of nitrogens with one attached hydrogen (secondary N) is 3. The second-order valence-corrected chi connectivity index (χ2v) is 12.0. The number of anilines is 2. The number of aliphatic hydroxyl groups excluding tert-OH is 1. The topological polar surface area (TPSA) is 112 Å². The van der Waals surface area contributed by atoms with Gasteiger partial charge >= 0.3 is 0 Å². The molecule has 4 aromatic rings. The Kier molecular flexibility index (Phi) is 9.48. The first kappa shape index (κ1) is 31.2. The van der Waals surface area contributed by atoms with Crippen LogP contribution in [-0.2, 0) is 17.9 Å². The van der Waals surface area contributed by atoms with Crippen LogP contribution in [0.5, 0.6) is 5.75 Å². The number of carbonyl (C=O) groups excluding carboxylic acids is 1. The standard InChI is InChI=1S/C33H33Cl2FN6O3/c1-45-27-13-19(5-6-20(27)14-37-15-22-7-8-28(44)40-22)32-30(35)25(10-12-38-32)24-3-2-4-26(29(24)34)41-33-31(36)21(9-11-39-33)16-42-17-23(43)18-42/h2-6,9-13,22-23,37,43H,7-8,14-18H2,1H3,(H,39,41)(H,40,44). The van der Waals surface area contributed by atoms with Crippen molar-refractivity contribution in [1.29, 1.82) is 0 Å². The van der Waals surface area contributed by atoms with Gasteiger partial charge in [0.25, 0.3) is 0 Å². The van der Waals surface area contributed by atoms with E-state index in [9.17, 15) is 9.90 Å². The Labute approximate surface area is 270 Å². The predicted octanol–water partition coefficient (Wildman–Crippen LogP) is 5.55. The van der Waals surface area contributed by atoms with Gasteiger partial charge in [0, 0.05) is 85.4 Å². The van der Waals surface area contributed by atoms with Gasteiger partial charge in [-0.05, 0) is 30.7 Å². The van der Waals surface area contributed by atoms with E-state index in [4.69, 9.17) is 27.9 Å². The lowest BCUT2D eigenvalue weighted by atomic mass is 10.0. The molecule has 2 aromatic carbocycles. The molecule has 0 saturated carbocycles. The highest BCUT2D eigenvalue weighted by Crippen LogP contribution is 2.42. The number of pyridine rings is 2. The van der Waals surface area contributed by atoms with Crippen LogP contribution in [0.1, 0.15) is 24.0 Å². The maximum Gasteiger partial charge on any atom is 0.220 e. The van der Waals surface area contributed by atoms with Crippen molar-refractivity contribution >= 4 is 40.6 Å². The molecule has 2 aliphatic rings. The smallest absolute Gasteiger partial charge is 0.220 e. The first-order chi connectivity index (χ1) is 21.8. The molecule has 1 atom stereocenters. The van der Waals surface area contributed by atoms with Gasteiger partial charge in [-0.3, -0.25) is 14.7 Å². The number of ether oxygens (including phenoxy) is 1. The van der Waals surface area contributed by atoms with Gasteiger partial charge in [-0.15, -0.1) is 0 Å². The Morgan fingerprint density at radius 2 is 1.87 bits per heavy atom. The molecule has 0 aliphatic carbocycles. The van der Waals surface area contributed by atoms with Gasteiger partial charge in [-0.25, -0.2) is 9.37 Å². The number of carbonyl (C=O) groups is 1. The van der Waals surface area contributed by atoms with Gasteiger partial charge in [0.05, 0.1) is 34.6 Å². The number of aromatic nitrogens is 2. The van der Waals surface area contributed by atoms with Crippen molar-refractivity contribution in [1.82, 2.24) is 25.5 Å². The first-order valence-electron chi connectivity index (χ1n) is 14.7. The molecule has 0 bridgehead atoms. The third-order valence-corrected chi connectivity index (χ3v) is 8.87. The Morgan fingerprint density at radius 1 is 1.07 bits per heavy atom. The van der Waals surface area contributed by atoms with Crippen molar-refractivity contribution in [2.75, 3.05) is 32.1 Å². The molecule has 1 unspecified atom stereocenters. The summed E-state index contributed by atoms with van der Waals surface area (Å²) in [7, 11) is 1.62. The summed E-state index contributed by atoms with van der Waals surface area (Å²) >= 11 is 13.8. The number of likely N-dealkylation sites (tertiary alicyclic amines) is 1. The quantitative estimate of drug-likeness (QED) is 0.167. The third-order valence-electron chi connectivity index (χ3n) is 8.08. The van der Waals surface area contributed by atoms with Gasteiger partial charge in [0.2, 0.25) is 5.91 Å². The zero-order valence-corrected chi connectivity index (χ0v) is 26.1. The van der Waals surface area contributed by atoms with Crippen LogP contribution in [0, 0.1) is 5.82 Å². The number of β-amino-alcohol motifs (C(OH)–C–C–N with tert-alkyl or cyclic N) is 1. The van der Waals surface area contributed by atoms with Crippen LogP contribution >= 0.6 is 23.2 Å². The maximum atomic E-state index is 15.4. The van der Waals surface area contributed by atoms with Gasteiger partial charge in [-0.2, -0.15) is 0 Å². The zero-order chi connectivity index (χ0) is 31.5. The fourth-order valence-electron chi connectivity index (χ4n) is 5.67. The molecule has 234 valence electrons. The lowest BCUT2D eigenvalue weighted by Gasteiger charge is -2.35. The van der Waals surface area contributed by atoms with E-state index in [2.05, 4.69) is 25.9 Å². The average Bonchev–Trinajstić information content (AvgIpc) is 3.44. The number of hydrogen-bond donors (Lipinski definition) is 4. The monoisotopic (exact) mass is 650 g/mol. The van der Waals surface area contributed by atoms with Crippen LogP contribution in [0.2, 0.25) is 10.0 Å². The summed E-state index contributed by atoms with van der Waals surface area (Å²) in [5.41, 5.74) is 4.56. The minimum Gasteiger partial charge on any atom is -0.496 e. The number of benzene rings is 2. The lowest BCUT2D eigenvalue weighted by molar-refractivity contribution is -0.119. The summed E-state index contributed by atoms with van der Waals surface area (Å²) in [5.74, 6) is 0.368. The molecule has 2 aliphatic heterocycles. The Balaban J connectivity index is 1.21. The summed E-state index contributed by atoms with van der Waals surface area (Å²) in [6.45, 7) is 2.67. The molecule has 9 nitrogen and oxygen atoms in total. The molecule has 12 heteroatoms. The first-order valence-corrected chi connectivity index (χ1v) is 15.5. The number of hydrogen-bond acceptors (Lipinski definition) is 8. The number of aliphatic hydroxyl groups is 1. The second-order valence-electron chi connectivity index (χ2n) is 11.3. The van der Waals surface area contributed by atoms with E-state index >= 15 is 4.39 Å². The Morgan fingerprint density at radius 3 is 2.62 bits per heavy atom. The van der Waals surface area contributed by atoms with Crippen molar-refractivity contribution in [2.24, 2.45) is 0 Å². The maximum absolute atomic E-state index is 15.4. The molecule has 45 heavy (non-hydrogen) atoms. The number of rotatable bonds is 11. The van der Waals surface area contributed by atoms with Crippen LogP contribution in [0.15, 0.2) is 60.9 Å². The van der Waals surface area contributed by atoms with Crippen molar-refractivity contribution in [3.63, 3.8) is 0 Å². The molecular formula is C33H33Cl2FN6O3. The fourth-order valence-corrected chi connectivity index (χ4v) is 6.27. The summed E-state index contributed by atoms with van der Waals surface area (Å²) in [5, 5.41) is 19.7. The Hall–Kier alpha value is -3.80. The predicted molar refractivity (Wildman–Crippen MR) is 173 cm³/mol. The molecular weight excluding hydrogens is 618 g/mol. The van der Waals surface area contributed by atoms with Crippen molar-refractivity contribution in [2.45, 2.75) is 38.1 Å². The SMILES string of the molecule is COc1cc(-c2nccc(-c3cccc(Nc4nccc(CN5CC(O)C5)c4F)c3Cl)c2Cl)ccc1CNCC1CCC(=O)N1. The van der Waals surface area contributed by atoms with E-state index in [0.29, 0.717) is 83.0 Å². The number of methoxy groups -OCH3 is 1. The second kappa shape index (κ2) is 13.7. The third kappa shape index (κ3) is 6.90. The molecule has 4 N–H and O–H groups in total. The van der Waals surface area contributed by atoms with E-state index in [-0.39, 0.29) is 23.9 Å². The average molecular weight is 652 g/mol. The lowest BCUT2D eigenvalue weighted by Crippen LogP contribution is -2.49. The van der Waals surface area contributed by atoms with E-state index in [1.807, 2.05) is 35.2 Å². The van der Waals surface area contributed by atoms with E-state index in [1.54, 1.807) is 37.7 Å². The molecule has 2 saturated heterocycles. The molecule has 2 fully saturated rings. The summed E-state index contributed by atoms with van der Waals surface area (Å²) in [6.07, 6.45) is 4.25. The van der Waals surface area contributed by atoms with Crippen LogP contribution < -0.4 is 20.7 Å². The van der Waals surface area contributed by atoms with Gasteiger partial charge in [0.15, 0.2) is 11.6 Å². The Bertz CT molecular complexity index is 1720. The van der Waals surface area contributed by atoms with E-state index in [0.717, 1.165) is 17.5 Å². The van der Waals surface area contributed by atoms with Gasteiger partial charge in [-0.1, -0.05) is 47.5 Å². The summed E-state index contributed by atoms with van der Waals surface area (Å²) in [4.78, 5) is 22.2. The number of amides is 1. The molecule has 0 spiro atoms. The zero-order valence-electron chi connectivity index (χ0n) is 24.6. The molecule has 2 aromatic heterocycles. The minimum atomic E-state index is -0.470.